The minimum atomic E-state index is -0.353. The third-order valence-electron chi connectivity index (χ3n) is 1.56. The van der Waals surface area contributed by atoms with Crippen molar-refractivity contribution in [2.75, 3.05) is 6.61 Å². The summed E-state index contributed by atoms with van der Waals surface area (Å²) in [6.45, 7) is 3.82. The Morgan fingerprint density at radius 1 is 1.69 bits per heavy atom. The SMILES string of the molecule is CCOC(=O)Cn1cc(C)c(=O)[nH]1. The van der Waals surface area contributed by atoms with E-state index in [0.29, 0.717) is 12.2 Å². The lowest BCUT2D eigenvalue weighted by Gasteiger charge is -2.01. The average molecular weight is 184 g/mol. The molecule has 0 aliphatic rings. The van der Waals surface area contributed by atoms with Gasteiger partial charge in [-0.25, -0.2) is 0 Å². The van der Waals surface area contributed by atoms with Crippen LogP contribution < -0.4 is 5.56 Å². The van der Waals surface area contributed by atoms with E-state index in [1.807, 2.05) is 0 Å². The summed E-state index contributed by atoms with van der Waals surface area (Å²) in [7, 11) is 0. The fraction of sp³-hybridized carbons (Fsp3) is 0.500. The molecule has 0 amide bonds. The second-order valence-corrected chi connectivity index (χ2v) is 2.69. The molecule has 1 aromatic heterocycles. The second kappa shape index (κ2) is 3.93. The normalized spacial score (nSPS) is 10.0. The first-order chi connectivity index (χ1) is 6.13. The average Bonchev–Trinajstić information content (AvgIpc) is 2.31. The van der Waals surface area contributed by atoms with Gasteiger partial charge in [0.05, 0.1) is 6.61 Å². The van der Waals surface area contributed by atoms with Crippen molar-refractivity contribution in [2.45, 2.75) is 20.4 Å². The molecule has 0 atom stereocenters. The minimum Gasteiger partial charge on any atom is -0.465 e. The molecule has 5 heteroatoms. The number of nitrogens with one attached hydrogen (secondary N) is 1. The van der Waals surface area contributed by atoms with Gasteiger partial charge in [-0.15, -0.1) is 0 Å². The molecular weight excluding hydrogens is 172 g/mol. The Bertz CT molecular complexity index is 351. The Morgan fingerprint density at radius 3 is 2.85 bits per heavy atom. The number of hydrogen-bond acceptors (Lipinski definition) is 3. The lowest BCUT2D eigenvalue weighted by molar-refractivity contribution is -0.144. The van der Waals surface area contributed by atoms with Crippen LogP contribution in [-0.2, 0) is 16.1 Å². The first-order valence-corrected chi connectivity index (χ1v) is 4.05. The van der Waals surface area contributed by atoms with Crippen LogP contribution in [0.25, 0.3) is 0 Å². The van der Waals surface area contributed by atoms with E-state index >= 15 is 0 Å². The number of aryl methyl sites for hydroxylation is 1. The molecule has 0 aromatic carbocycles. The number of nitrogens with zero attached hydrogens (tertiary/aromatic N) is 1. The summed E-state index contributed by atoms with van der Waals surface area (Å²) >= 11 is 0. The Hall–Kier alpha value is -1.52. The van der Waals surface area contributed by atoms with Crippen LogP contribution in [0.4, 0.5) is 0 Å². The lowest BCUT2D eigenvalue weighted by Crippen LogP contribution is -2.15. The largest absolute Gasteiger partial charge is 0.465 e. The highest BCUT2D eigenvalue weighted by Crippen LogP contribution is 1.89. The molecule has 1 aromatic rings. The Kier molecular flexibility index (Phi) is 2.89. The summed E-state index contributed by atoms with van der Waals surface area (Å²) in [6, 6.07) is 0. The second-order valence-electron chi connectivity index (χ2n) is 2.69. The van der Waals surface area contributed by atoms with Gasteiger partial charge in [-0.2, -0.15) is 0 Å². The Balaban J connectivity index is 2.64. The smallest absolute Gasteiger partial charge is 0.327 e. The van der Waals surface area contributed by atoms with Crippen molar-refractivity contribution < 1.29 is 9.53 Å². The standard InChI is InChI=1S/C8H12N2O3/c1-3-13-7(11)5-10-4-6(2)8(12)9-10/h4H,3,5H2,1-2H3,(H,9,12). The number of aromatic amines is 1. The van der Waals surface area contributed by atoms with Crippen molar-refractivity contribution >= 4 is 5.97 Å². The minimum absolute atomic E-state index is 0.0525. The molecule has 1 N–H and O–H groups in total. The zero-order valence-electron chi connectivity index (χ0n) is 7.66. The quantitative estimate of drug-likeness (QED) is 0.675. The van der Waals surface area contributed by atoms with Gasteiger partial charge < -0.3 is 4.74 Å². The molecule has 72 valence electrons. The van der Waals surface area contributed by atoms with Crippen LogP contribution in [0.1, 0.15) is 12.5 Å². The highest BCUT2D eigenvalue weighted by molar-refractivity contribution is 5.68. The third kappa shape index (κ3) is 2.47. The van der Waals surface area contributed by atoms with Crippen LogP contribution in [-0.4, -0.2) is 22.4 Å². The molecule has 1 heterocycles. The first-order valence-electron chi connectivity index (χ1n) is 4.05. The van der Waals surface area contributed by atoms with Gasteiger partial charge >= 0.3 is 5.97 Å². The maximum Gasteiger partial charge on any atom is 0.327 e. The number of carbonyl (C=O) groups excluding carboxylic acids is 1. The van der Waals surface area contributed by atoms with Gasteiger partial charge in [-0.05, 0) is 13.8 Å². The molecule has 0 bridgehead atoms. The van der Waals surface area contributed by atoms with Crippen LogP contribution in [0, 0.1) is 6.92 Å². The molecular formula is C8H12N2O3. The maximum absolute atomic E-state index is 11.0. The summed E-state index contributed by atoms with van der Waals surface area (Å²) in [5.41, 5.74) is 0.411. The molecule has 5 nitrogen and oxygen atoms in total. The number of rotatable bonds is 3. The van der Waals surface area contributed by atoms with Gasteiger partial charge in [0.15, 0.2) is 0 Å². The van der Waals surface area contributed by atoms with E-state index in [0.717, 1.165) is 0 Å². The Morgan fingerprint density at radius 2 is 2.38 bits per heavy atom. The first kappa shape index (κ1) is 9.57. The third-order valence-corrected chi connectivity index (χ3v) is 1.56. The molecule has 0 radical (unpaired) electrons. The van der Waals surface area contributed by atoms with E-state index in [-0.39, 0.29) is 18.1 Å². The van der Waals surface area contributed by atoms with Crippen molar-refractivity contribution in [1.29, 1.82) is 0 Å². The van der Waals surface area contributed by atoms with Crippen LogP contribution in [0.2, 0.25) is 0 Å². The van der Waals surface area contributed by atoms with Gasteiger partial charge in [0.1, 0.15) is 6.54 Å². The fourth-order valence-corrected chi connectivity index (χ4v) is 0.974. The van der Waals surface area contributed by atoms with E-state index in [4.69, 9.17) is 4.74 Å². The molecule has 0 aliphatic carbocycles. The topological polar surface area (TPSA) is 64.1 Å². The maximum atomic E-state index is 11.0. The Labute approximate surface area is 75.3 Å². The van der Waals surface area contributed by atoms with E-state index in [9.17, 15) is 9.59 Å². The zero-order chi connectivity index (χ0) is 9.84. The molecule has 0 aliphatic heterocycles. The summed E-state index contributed by atoms with van der Waals surface area (Å²) in [4.78, 5) is 21.9. The molecule has 0 saturated carbocycles. The molecule has 1 rings (SSSR count). The van der Waals surface area contributed by atoms with Crippen molar-refractivity contribution in [3.8, 4) is 0 Å². The van der Waals surface area contributed by atoms with Gasteiger partial charge in [0.2, 0.25) is 0 Å². The highest BCUT2D eigenvalue weighted by Gasteiger charge is 2.04. The van der Waals surface area contributed by atoms with E-state index in [1.54, 1.807) is 20.0 Å². The van der Waals surface area contributed by atoms with Crippen molar-refractivity contribution in [3.05, 3.63) is 22.1 Å². The lowest BCUT2D eigenvalue weighted by atomic mass is 10.4. The van der Waals surface area contributed by atoms with Gasteiger partial charge in [0.25, 0.3) is 5.56 Å². The molecule has 0 saturated heterocycles. The zero-order valence-corrected chi connectivity index (χ0v) is 7.66. The number of carbonyl (C=O) groups is 1. The van der Waals surface area contributed by atoms with Gasteiger partial charge in [-0.1, -0.05) is 0 Å². The number of aromatic nitrogens is 2. The molecule has 13 heavy (non-hydrogen) atoms. The van der Waals surface area contributed by atoms with Crippen molar-refractivity contribution in [1.82, 2.24) is 9.78 Å². The predicted octanol–water partition coefficient (Wildman–Crippen LogP) is 0.0479. The summed E-state index contributed by atoms with van der Waals surface area (Å²) in [6.07, 6.45) is 1.58. The van der Waals surface area contributed by atoms with Gasteiger partial charge in [-0.3, -0.25) is 19.4 Å². The number of esters is 1. The van der Waals surface area contributed by atoms with Crippen LogP contribution in [0.3, 0.4) is 0 Å². The summed E-state index contributed by atoms with van der Waals surface area (Å²) in [5.74, 6) is -0.353. The van der Waals surface area contributed by atoms with E-state index in [1.165, 1.54) is 4.68 Å². The van der Waals surface area contributed by atoms with Gasteiger partial charge in [0, 0.05) is 11.8 Å². The van der Waals surface area contributed by atoms with Crippen LogP contribution in [0.15, 0.2) is 11.0 Å². The van der Waals surface area contributed by atoms with Crippen LogP contribution in [0.5, 0.6) is 0 Å². The number of H-pyrrole nitrogens is 1. The highest BCUT2D eigenvalue weighted by atomic mass is 16.5. The summed E-state index contributed by atoms with van der Waals surface area (Å²) < 4.78 is 6.13. The van der Waals surface area contributed by atoms with Crippen LogP contribution >= 0.6 is 0 Å². The fourth-order valence-electron chi connectivity index (χ4n) is 0.974. The number of hydrogen-bond donors (Lipinski definition) is 1. The van der Waals surface area contributed by atoms with Crippen molar-refractivity contribution in [3.63, 3.8) is 0 Å². The summed E-state index contributed by atoms with van der Waals surface area (Å²) in [5, 5.41) is 2.49. The van der Waals surface area contributed by atoms with E-state index < -0.39 is 0 Å². The van der Waals surface area contributed by atoms with Crippen molar-refractivity contribution in [2.24, 2.45) is 0 Å². The predicted molar refractivity (Wildman–Crippen MR) is 46.4 cm³/mol. The molecule has 0 unspecified atom stereocenters. The molecule has 0 fully saturated rings. The molecule has 0 spiro atoms. The monoisotopic (exact) mass is 184 g/mol. The number of ether oxygens (including phenoxy) is 1. The van der Waals surface area contributed by atoms with E-state index in [2.05, 4.69) is 5.10 Å².